The summed E-state index contributed by atoms with van der Waals surface area (Å²) in [5.41, 5.74) is -0.181. The van der Waals surface area contributed by atoms with Crippen LogP contribution < -0.4 is 9.73 Å². The molecule has 0 spiro atoms. The molecule has 1 aliphatic rings. The Labute approximate surface area is 490 Å². The van der Waals surface area contributed by atoms with Gasteiger partial charge in [0.15, 0.2) is 15.5 Å². The largest absolute Gasteiger partial charge is 0.506 e. The number of amides is 2. The van der Waals surface area contributed by atoms with Gasteiger partial charge in [-0.3, -0.25) is 14.3 Å². The number of nitrogens with one attached hydrogen (secondary N) is 1. The van der Waals surface area contributed by atoms with Crippen molar-refractivity contribution in [3.63, 3.8) is 0 Å². The van der Waals surface area contributed by atoms with Crippen LogP contribution in [0, 0.1) is 11.3 Å². The van der Waals surface area contributed by atoms with Gasteiger partial charge in [-0.25, -0.2) is 16.8 Å². The van der Waals surface area contributed by atoms with E-state index in [2.05, 4.69) is 33.9 Å². The van der Waals surface area contributed by atoms with Crippen LogP contribution >= 0.6 is 11.6 Å². The lowest BCUT2D eigenvalue weighted by Gasteiger charge is -2.24. The van der Waals surface area contributed by atoms with Gasteiger partial charge < -0.3 is 10.0 Å². The first kappa shape index (κ1) is 66.4. The van der Waals surface area contributed by atoms with Crippen LogP contribution in [-0.4, -0.2) is 69.8 Å². The lowest BCUT2D eigenvalue weighted by molar-refractivity contribution is -0.117. The van der Waals surface area contributed by atoms with Crippen molar-refractivity contribution >= 4 is 76.8 Å². The number of nitrogens with zero attached hydrogens (tertiary/aromatic N) is 6. The third kappa shape index (κ3) is 22.4. The summed E-state index contributed by atoms with van der Waals surface area (Å²) in [4.78, 5) is 29.8. The fourth-order valence-electron chi connectivity index (χ4n) is 10.6. The Bertz CT molecular complexity index is 2870. The number of aromatic hydroxyl groups is 1. The van der Waals surface area contributed by atoms with E-state index >= 15 is 0 Å². The maximum absolute atomic E-state index is 14.7. The highest BCUT2D eigenvalue weighted by Crippen LogP contribution is 2.37. The maximum atomic E-state index is 14.7. The zero-order valence-electron chi connectivity index (χ0n) is 48.8. The van der Waals surface area contributed by atoms with Gasteiger partial charge in [0.05, 0.1) is 26.7 Å². The molecule has 0 saturated heterocycles. The number of nitriles is 1. The van der Waals surface area contributed by atoms with Gasteiger partial charge in [0.1, 0.15) is 17.5 Å². The van der Waals surface area contributed by atoms with Crippen LogP contribution in [-0.2, 0) is 24.7 Å². The Kier molecular flexibility index (Phi) is 29.7. The van der Waals surface area contributed by atoms with Crippen molar-refractivity contribution in [1.29, 1.82) is 5.26 Å². The van der Waals surface area contributed by atoms with Crippen LogP contribution in [0.2, 0.25) is 5.02 Å². The number of hydrogen-bond acceptors (Lipinski definition) is 11. The molecular formula is C64H92ClN7O7S2. The highest BCUT2D eigenvalue weighted by Gasteiger charge is 2.38. The van der Waals surface area contributed by atoms with E-state index in [1.165, 1.54) is 215 Å². The number of hydrogen-bond donors (Lipinski definition) is 2. The zero-order chi connectivity index (χ0) is 58.3. The third-order valence-corrected chi connectivity index (χ3v) is 18.1. The number of hydrazone groups is 1. The van der Waals surface area contributed by atoms with E-state index < -0.39 is 31.8 Å². The molecule has 1 heterocycles. The Morgan fingerprint density at radius 2 is 1.10 bits per heavy atom. The fraction of sp³-hybridized carbons (Fsp3) is 0.594. The molecule has 0 aliphatic carbocycles. The van der Waals surface area contributed by atoms with Crippen molar-refractivity contribution in [2.24, 2.45) is 15.3 Å². The standard InChI is InChI=1S/C64H92ClN7O7S2/c1-4-6-8-10-12-14-16-18-20-22-24-26-28-30-32-36-46-71(47-37-33-31-29-27-25-23-21-19-17-15-13-11-9-7-5-2)63(74)56-49-57(54-38-34-35-39-55(54)62(56)73)70-81(78,79)53-43-41-52(42-44-53)72-64(75)61(59(50-66)69-72)68-67-58-48-51(65)40-45-60(58)80(3,76)77/h34-35,38-45,48-49,61,70,73H,4-33,36-37,46-47H2,1-3H3. The predicted molar refractivity (Wildman–Crippen MR) is 331 cm³/mol. The van der Waals surface area contributed by atoms with E-state index in [0.717, 1.165) is 49.8 Å². The summed E-state index contributed by atoms with van der Waals surface area (Å²) >= 11 is 6.09. The highest BCUT2D eigenvalue weighted by atomic mass is 35.5. The maximum Gasteiger partial charge on any atom is 0.281 e. The van der Waals surface area contributed by atoms with Crippen LogP contribution in [0.15, 0.2) is 97.9 Å². The van der Waals surface area contributed by atoms with Crippen molar-refractivity contribution < 1.29 is 31.5 Å². The van der Waals surface area contributed by atoms with E-state index in [1.807, 2.05) is 11.0 Å². The summed E-state index contributed by atoms with van der Waals surface area (Å²) in [7, 11) is -8.09. The van der Waals surface area contributed by atoms with E-state index in [-0.39, 0.29) is 54.8 Å². The number of sulfonamides is 1. The number of benzene rings is 4. The quantitative estimate of drug-likeness (QED) is 0.0248. The second kappa shape index (κ2) is 36.3. The lowest BCUT2D eigenvalue weighted by Crippen LogP contribution is -2.33. The SMILES string of the molecule is CCCCCCCCCCCCCCCCCCN(CCCCCCCCCCCCCCCCCC)C(=O)c1cc(NS(=O)(=O)c2ccc(N3N=C(C#N)C(N=Nc4cc(Cl)ccc4S(C)(=O)=O)C3=O)cc2)c2ccccc2c1O. The molecule has 5 rings (SSSR count). The van der Waals surface area contributed by atoms with Crippen LogP contribution in [0.4, 0.5) is 17.1 Å². The molecule has 1 atom stereocenters. The normalized spacial score (nSPS) is 13.8. The first-order valence-electron chi connectivity index (χ1n) is 30.6. The topological polar surface area (TPSA) is 202 Å². The molecule has 0 fully saturated rings. The minimum Gasteiger partial charge on any atom is -0.506 e. The van der Waals surface area contributed by atoms with E-state index in [0.29, 0.717) is 23.9 Å². The van der Waals surface area contributed by atoms with E-state index in [9.17, 15) is 36.8 Å². The third-order valence-electron chi connectivity index (χ3n) is 15.4. The molecule has 0 radical (unpaired) electrons. The zero-order valence-corrected chi connectivity index (χ0v) is 51.2. The molecule has 4 aromatic carbocycles. The number of carbonyl (C=O) groups is 2. The minimum absolute atomic E-state index is 0.0167. The van der Waals surface area contributed by atoms with Gasteiger partial charge in [0, 0.05) is 35.1 Å². The van der Waals surface area contributed by atoms with Crippen LogP contribution in [0.1, 0.15) is 230 Å². The van der Waals surface area contributed by atoms with E-state index in [1.54, 1.807) is 24.3 Å². The van der Waals surface area contributed by atoms with Crippen LogP contribution in [0.3, 0.4) is 0 Å². The molecule has 14 nitrogen and oxygen atoms in total. The molecular weight excluding hydrogens is 1080 g/mol. The predicted octanol–water partition coefficient (Wildman–Crippen LogP) is 17.7. The van der Waals surface area contributed by atoms with Gasteiger partial charge in [-0.15, -0.1) is 0 Å². The van der Waals surface area contributed by atoms with Gasteiger partial charge in [-0.2, -0.15) is 25.6 Å². The Hall–Kier alpha value is -5.37. The second-order valence-electron chi connectivity index (χ2n) is 22.1. The summed E-state index contributed by atoms with van der Waals surface area (Å²) in [6.45, 7) is 5.59. The average Bonchev–Trinajstić information content (AvgIpc) is 3.84. The number of phenolic OH excluding ortho intramolecular Hbond substituents is 1. The number of phenols is 1. The van der Waals surface area contributed by atoms with Crippen molar-refractivity contribution in [2.75, 3.05) is 29.1 Å². The van der Waals surface area contributed by atoms with Crippen LogP contribution in [0.25, 0.3) is 10.8 Å². The Morgan fingerprint density at radius 1 is 0.654 bits per heavy atom. The number of halogens is 1. The number of rotatable bonds is 42. The molecule has 444 valence electrons. The molecule has 4 aromatic rings. The van der Waals surface area contributed by atoms with Gasteiger partial charge in [0.2, 0.25) is 6.04 Å². The van der Waals surface area contributed by atoms with Crippen molar-refractivity contribution in [3.05, 3.63) is 83.4 Å². The molecule has 17 heteroatoms. The first-order valence-corrected chi connectivity index (χ1v) is 34.3. The molecule has 0 bridgehead atoms. The smallest absolute Gasteiger partial charge is 0.281 e. The van der Waals surface area contributed by atoms with Crippen molar-refractivity contribution in [2.45, 2.75) is 235 Å². The number of carbonyl (C=O) groups excluding carboxylic acids is 2. The number of sulfone groups is 1. The summed E-state index contributed by atoms with van der Waals surface area (Å²) in [6, 6.07) is 17.7. The molecule has 0 saturated carbocycles. The summed E-state index contributed by atoms with van der Waals surface area (Å²) < 4.78 is 55.8. The summed E-state index contributed by atoms with van der Waals surface area (Å²) in [5.74, 6) is -1.34. The molecule has 0 aromatic heterocycles. The molecule has 2 N–H and O–H groups in total. The molecule has 1 aliphatic heterocycles. The number of fused-ring (bicyclic) bond motifs is 1. The fourth-order valence-corrected chi connectivity index (χ4v) is 12.6. The second-order valence-corrected chi connectivity index (χ2v) is 26.2. The monoisotopic (exact) mass is 1170 g/mol. The van der Waals surface area contributed by atoms with Gasteiger partial charge >= 0.3 is 0 Å². The number of unbranched alkanes of at least 4 members (excludes halogenated alkanes) is 30. The number of azo groups is 1. The Morgan fingerprint density at radius 3 is 1.54 bits per heavy atom. The first-order chi connectivity index (χ1) is 39.2. The number of anilines is 2. The van der Waals surface area contributed by atoms with Crippen molar-refractivity contribution in [3.8, 4) is 11.8 Å². The molecule has 2 amide bonds. The Balaban J connectivity index is 1.21. The lowest BCUT2D eigenvalue weighted by atomic mass is 10.0. The van der Waals surface area contributed by atoms with Crippen molar-refractivity contribution in [1.82, 2.24) is 4.90 Å². The van der Waals surface area contributed by atoms with Gasteiger partial charge in [-0.1, -0.05) is 242 Å². The van der Waals surface area contributed by atoms with Crippen LogP contribution in [0.5, 0.6) is 5.75 Å². The minimum atomic E-state index is -4.34. The molecule has 81 heavy (non-hydrogen) atoms. The summed E-state index contributed by atoms with van der Waals surface area (Å²) in [6.07, 6.45) is 41.0. The van der Waals surface area contributed by atoms with E-state index in [4.69, 9.17) is 11.6 Å². The average molecular weight is 1170 g/mol. The highest BCUT2D eigenvalue weighted by molar-refractivity contribution is 7.92. The van der Waals surface area contributed by atoms with Gasteiger partial charge in [0.25, 0.3) is 21.8 Å². The van der Waals surface area contributed by atoms with Gasteiger partial charge in [-0.05, 0) is 61.4 Å². The molecule has 1 unspecified atom stereocenters. The summed E-state index contributed by atoms with van der Waals surface area (Å²) in [5, 5.41) is 35.5.